The van der Waals surface area contributed by atoms with E-state index in [4.69, 9.17) is 5.73 Å². The first kappa shape index (κ1) is 29.3. The summed E-state index contributed by atoms with van der Waals surface area (Å²) in [5.74, 6) is -2.22. The van der Waals surface area contributed by atoms with Crippen LogP contribution in [0.2, 0.25) is 0 Å². The number of aliphatic hydroxyl groups is 3. The molecule has 0 unspecified atom stereocenters. The van der Waals surface area contributed by atoms with Gasteiger partial charge in [0.1, 0.15) is 17.4 Å². The Morgan fingerprint density at radius 2 is 1.74 bits per heavy atom. The first-order valence-corrected chi connectivity index (χ1v) is 12.7. The number of carbonyl (C=O) groups excluding carboxylic acids is 2. The molecular formula is C23H26F3N3O8S. The zero-order valence-electron chi connectivity index (χ0n) is 19.6. The minimum absolute atomic E-state index is 0.0453. The van der Waals surface area contributed by atoms with Gasteiger partial charge in [-0.3, -0.25) is 9.59 Å². The number of alkyl halides is 3. The second-order valence-electron chi connectivity index (χ2n) is 9.05. The summed E-state index contributed by atoms with van der Waals surface area (Å²) in [5.41, 5.74) is 2.11. The Balaban J connectivity index is 1.80. The van der Waals surface area contributed by atoms with Gasteiger partial charge in [0.2, 0.25) is 15.9 Å². The highest BCUT2D eigenvalue weighted by molar-refractivity contribution is 7.89. The number of phenolic OH excluding ortho intramolecular Hbond substituents is 1. The number of nitrogens with one attached hydrogen (secondary N) is 2. The lowest BCUT2D eigenvalue weighted by Gasteiger charge is -2.41. The molecule has 0 aromatic heterocycles. The third-order valence-corrected chi connectivity index (χ3v) is 7.62. The van der Waals surface area contributed by atoms with Crippen LogP contribution in [0.15, 0.2) is 53.4 Å². The molecule has 1 aliphatic carbocycles. The SMILES string of the molecule is NC(=O)[C@H](Cc1ccc(O)cc1)NC(=O)[C@@]1(O)C[C@@H](O)[C@H](O)[C@@H](NS(=O)(=O)c2cccc(C(F)(F)F)c2)C1. The lowest BCUT2D eigenvalue weighted by Crippen LogP contribution is -2.64. The van der Waals surface area contributed by atoms with Crippen LogP contribution >= 0.6 is 0 Å². The number of amides is 2. The van der Waals surface area contributed by atoms with E-state index in [2.05, 4.69) is 5.32 Å². The quantitative estimate of drug-likeness (QED) is 0.224. The van der Waals surface area contributed by atoms with Gasteiger partial charge in [0.15, 0.2) is 0 Å². The Kier molecular flexibility index (Phi) is 8.38. The Hall–Kier alpha value is -3.24. The molecule has 208 valence electrons. The van der Waals surface area contributed by atoms with Crippen molar-refractivity contribution in [1.82, 2.24) is 10.0 Å². The van der Waals surface area contributed by atoms with E-state index < -0.39 is 81.2 Å². The molecule has 0 saturated heterocycles. The largest absolute Gasteiger partial charge is 0.508 e. The van der Waals surface area contributed by atoms with Gasteiger partial charge in [-0.15, -0.1) is 0 Å². The number of aromatic hydroxyl groups is 1. The fourth-order valence-corrected chi connectivity index (χ4v) is 5.39. The number of hydrogen-bond acceptors (Lipinski definition) is 8. The van der Waals surface area contributed by atoms with Gasteiger partial charge in [0, 0.05) is 19.3 Å². The van der Waals surface area contributed by atoms with E-state index in [9.17, 15) is 51.6 Å². The predicted molar refractivity (Wildman–Crippen MR) is 125 cm³/mol. The van der Waals surface area contributed by atoms with Crippen molar-refractivity contribution in [2.45, 2.75) is 60.2 Å². The maximum absolute atomic E-state index is 13.0. The van der Waals surface area contributed by atoms with Crippen LogP contribution in [0.4, 0.5) is 13.2 Å². The van der Waals surface area contributed by atoms with Crippen molar-refractivity contribution in [3.8, 4) is 5.75 Å². The van der Waals surface area contributed by atoms with E-state index >= 15 is 0 Å². The second-order valence-corrected chi connectivity index (χ2v) is 10.8. The van der Waals surface area contributed by atoms with Gasteiger partial charge < -0.3 is 31.5 Å². The molecule has 3 rings (SSSR count). The van der Waals surface area contributed by atoms with E-state index in [1.54, 1.807) is 0 Å². The van der Waals surface area contributed by atoms with Gasteiger partial charge >= 0.3 is 6.18 Å². The van der Waals surface area contributed by atoms with Gasteiger partial charge in [-0.05, 0) is 35.9 Å². The predicted octanol–water partition coefficient (Wildman–Crippen LogP) is -0.483. The third-order valence-electron chi connectivity index (χ3n) is 6.14. The highest BCUT2D eigenvalue weighted by atomic mass is 32.2. The summed E-state index contributed by atoms with van der Waals surface area (Å²) in [7, 11) is -4.71. The van der Waals surface area contributed by atoms with Crippen LogP contribution in [0.3, 0.4) is 0 Å². The van der Waals surface area contributed by atoms with E-state index in [0.717, 1.165) is 12.1 Å². The summed E-state index contributed by atoms with van der Waals surface area (Å²) in [6, 6.07) is 5.33. The molecule has 2 amide bonds. The average Bonchev–Trinajstić information content (AvgIpc) is 2.82. The normalized spacial score (nSPS) is 24.9. The molecule has 0 spiro atoms. The molecule has 11 nitrogen and oxygen atoms in total. The molecular weight excluding hydrogens is 535 g/mol. The van der Waals surface area contributed by atoms with Crippen LogP contribution < -0.4 is 15.8 Å². The molecule has 0 bridgehead atoms. The minimum atomic E-state index is -4.83. The van der Waals surface area contributed by atoms with Crippen molar-refractivity contribution >= 4 is 21.8 Å². The molecule has 0 radical (unpaired) electrons. The summed E-state index contributed by atoms with van der Waals surface area (Å²) in [4.78, 5) is 24.1. The van der Waals surface area contributed by atoms with Crippen LogP contribution in [0.5, 0.6) is 5.75 Å². The Labute approximate surface area is 215 Å². The first-order chi connectivity index (χ1) is 17.5. The van der Waals surface area contributed by atoms with Crippen LogP contribution in [0.1, 0.15) is 24.0 Å². The number of carbonyl (C=O) groups is 2. The number of benzene rings is 2. The smallest absolute Gasteiger partial charge is 0.416 e. The number of primary amides is 1. The van der Waals surface area contributed by atoms with E-state index in [-0.39, 0.29) is 12.2 Å². The molecule has 1 aliphatic rings. The van der Waals surface area contributed by atoms with E-state index in [1.165, 1.54) is 24.3 Å². The summed E-state index contributed by atoms with van der Waals surface area (Å²) in [6.45, 7) is 0. The fraction of sp³-hybridized carbons (Fsp3) is 0.391. The molecule has 0 aliphatic heterocycles. The van der Waals surface area contributed by atoms with Gasteiger partial charge in [0.25, 0.3) is 5.91 Å². The first-order valence-electron chi connectivity index (χ1n) is 11.2. The topological polar surface area (TPSA) is 199 Å². The van der Waals surface area contributed by atoms with Crippen molar-refractivity contribution in [2.75, 3.05) is 0 Å². The molecule has 5 atom stereocenters. The van der Waals surface area contributed by atoms with Crippen molar-refractivity contribution in [2.24, 2.45) is 5.73 Å². The Bertz CT molecular complexity index is 1290. The van der Waals surface area contributed by atoms with Gasteiger partial charge in [0.05, 0.1) is 28.7 Å². The average molecular weight is 562 g/mol. The second kappa shape index (κ2) is 10.9. The number of nitrogens with two attached hydrogens (primary N) is 1. The van der Waals surface area contributed by atoms with Crippen LogP contribution in [0.25, 0.3) is 0 Å². The maximum Gasteiger partial charge on any atom is 0.416 e. The summed E-state index contributed by atoms with van der Waals surface area (Å²) in [6.07, 6.45) is -10.1. The molecule has 2 aromatic rings. The van der Waals surface area contributed by atoms with Crippen LogP contribution in [0, 0.1) is 0 Å². The zero-order chi connectivity index (χ0) is 28.5. The molecule has 1 saturated carbocycles. The number of rotatable bonds is 8. The number of phenols is 1. The lowest BCUT2D eigenvalue weighted by atomic mass is 9.78. The molecule has 2 aromatic carbocycles. The van der Waals surface area contributed by atoms with Crippen molar-refractivity contribution < 1.29 is 51.6 Å². The number of sulfonamides is 1. The fourth-order valence-electron chi connectivity index (χ4n) is 4.09. The number of hydrogen-bond donors (Lipinski definition) is 7. The molecule has 8 N–H and O–H groups in total. The number of halogens is 3. The highest BCUT2D eigenvalue weighted by Crippen LogP contribution is 2.33. The van der Waals surface area contributed by atoms with Crippen molar-refractivity contribution in [3.05, 3.63) is 59.7 Å². The summed E-state index contributed by atoms with van der Waals surface area (Å²) >= 11 is 0. The Morgan fingerprint density at radius 3 is 2.32 bits per heavy atom. The van der Waals surface area contributed by atoms with Gasteiger partial charge in [-0.1, -0.05) is 18.2 Å². The Morgan fingerprint density at radius 1 is 1.11 bits per heavy atom. The minimum Gasteiger partial charge on any atom is -0.508 e. The van der Waals surface area contributed by atoms with Gasteiger partial charge in [-0.2, -0.15) is 13.2 Å². The van der Waals surface area contributed by atoms with Gasteiger partial charge in [-0.25, -0.2) is 13.1 Å². The van der Waals surface area contributed by atoms with Crippen molar-refractivity contribution in [1.29, 1.82) is 0 Å². The lowest BCUT2D eigenvalue weighted by molar-refractivity contribution is -0.158. The molecule has 0 heterocycles. The van der Waals surface area contributed by atoms with Crippen LogP contribution in [-0.4, -0.2) is 70.6 Å². The summed E-state index contributed by atoms with van der Waals surface area (Å²) in [5, 5.41) is 43.2. The van der Waals surface area contributed by atoms with E-state index in [0.29, 0.717) is 17.7 Å². The number of aliphatic hydroxyl groups excluding tert-OH is 2. The summed E-state index contributed by atoms with van der Waals surface area (Å²) < 4.78 is 66.6. The standard InChI is InChI=1S/C23H26F3N3O8S/c24-23(25,26)13-2-1-3-15(9-13)38(36,37)29-17-10-22(35,11-18(31)19(17)32)21(34)28-16(20(27)33)8-12-4-6-14(30)7-5-12/h1-7,9,16-19,29-32,35H,8,10-11H2,(H2,27,33)(H,28,34)/t16-,17-,18+,19+,22-/m0/s1. The monoisotopic (exact) mass is 561 g/mol. The van der Waals surface area contributed by atoms with Crippen LogP contribution in [-0.2, 0) is 32.2 Å². The third kappa shape index (κ3) is 6.79. The molecule has 15 heteroatoms. The molecule has 38 heavy (non-hydrogen) atoms. The van der Waals surface area contributed by atoms with Crippen molar-refractivity contribution in [3.63, 3.8) is 0 Å². The molecule has 1 fully saturated rings. The maximum atomic E-state index is 13.0. The zero-order valence-corrected chi connectivity index (χ0v) is 20.4. The van der Waals surface area contributed by atoms with E-state index in [1.807, 2.05) is 4.72 Å². The highest BCUT2D eigenvalue weighted by Gasteiger charge is 2.50.